The van der Waals surface area contributed by atoms with Crippen LogP contribution in [0.3, 0.4) is 0 Å². The number of unbranched alkanes of at least 4 members (excludes halogenated alkanes) is 31. The van der Waals surface area contributed by atoms with Gasteiger partial charge >= 0.3 is 5.97 Å². The Morgan fingerprint density at radius 3 is 1.12 bits per heavy atom. The Balaban J connectivity index is 3.38. The topological polar surface area (TPSA) is 55.8 Å². The van der Waals surface area contributed by atoms with Crippen LogP contribution in [0.15, 0.2) is 24.3 Å². The molecule has 0 bridgehead atoms. The molecule has 0 aromatic rings. The van der Waals surface area contributed by atoms with Crippen LogP contribution < -0.4 is 0 Å². The van der Waals surface area contributed by atoms with Crippen molar-refractivity contribution in [1.82, 2.24) is 0 Å². The summed E-state index contributed by atoms with van der Waals surface area (Å²) in [4.78, 5) is 12.2. The number of hydrogen-bond acceptors (Lipinski definition) is 4. The van der Waals surface area contributed by atoms with E-state index in [1.807, 2.05) is 0 Å². The Morgan fingerprint density at radius 2 is 0.765 bits per heavy atom. The molecule has 51 heavy (non-hydrogen) atoms. The maximum absolute atomic E-state index is 12.2. The van der Waals surface area contributed by atoms with Gasteiger partial charge in [-0.25, -0.2) is 0 Å². The van der Waals surface area contributed by atoms with Gasteiger partial charge in [0.05, 0.1) is 13.2 Å². The van der Waals surface area contributed by atoms with Gasteiger partial charge in [0.2, 0.25) is 0 Å². The van der Waals surface area contributed by atoms with E-state index in [0.717, 1.165) is 19.3 Å². The number of aliphatic hydroxyl groups is 1. The Kier molecular flexibility index (Phi) is 44.0. The highest BCUT2D eigenvalue weighted by molar-refractivity contribution is 5.69. The zero-order chi connectivity index (χ0) is 37.0. The third-order valence-electron chi connectivity index (χ3n) is 10.2. The van der Waals surface area contributed by atoms with Gasteiger partial charge in [0.15, 0.2) is 0 Å². The molecule has 0 amide bonds. The van der Waals surface area contributed by atoms with E-state index in [4.69, 9.17) is 9.47 Å². The summed E-state index contributed by atoms with van der Waals surface area (Å²) in [6.07, 6.45) is 55.4. The number of aliphatic hydroxyl groups excluding tert-OH is 1. The molecule has 0 aliphatic rings. The molecule has 4 nitrogen and oxygen atoms in total. The highest BCUT2D eigenvalue weighted by atomic mass is 16.6. The summed E-state index contributed by atoms with van der Waals surface area (Å²) in [5.74, 6) is -0.206. The van der Waals surface area contributed by atoms with Crippen molar-refractivity contribution >= 4 is 5.97 Å². The molecule has 1 atom stereocenters. The van der Waals surface area contributed by atoms with E-state index in [1.54, 1.807) is 0 Å². The first-order chi connectivity index (χ1) is 25.2. The molecule has 0 aliphatic heterocycles. The Morgan fingerprint density at radius 1 is 0.451 bits per heavy atom. The van der Waals surface area contributed by atoms with Gasteiger partial charge in [-0.15, -0.1) is 0 Å². The van der Waals surface area contributed by atoms with Crippen LogP contribution in [0.25, 0.3) is 0 Å². The molecule has 0 spiro atoms. The molecule has 0 saturated heterocycles. The minimum atomic E-state index is -0.535. The van der Waals surface area contributed by atoms with Crippen LogP contribution in [0.4, 0.5) is 0 Å². The van der Waals surface area contributed by atoms with Crippen molar-refractivity contribution < 1.29 is 19.4 Å². The third-order valence-corrected chi connectivity index (χ3v) is 10.2. The molecule has 0 fully saturated rings. The molecule has 1 N–H and O–H groups in total. The summed E-state index contributed by atoms with van der Waals surface area (Å²) in [7, 11) is 0. The van der Waals surface area contributed by atoms with Crippen molar-refractivity contribution in [2.24, 2.45) is 0 Å². The lowest BCUT2D eigenvalue weighted by molar-refractivity contribution is -0.154. The molecule has 4 heteroatoms. The minimum Gasteiger partial charge on any atom is -0.457 e. The van der Waals surface area contributed by atoms with Gasteiger partial charge in [-0.3, -0.25) is 4.79 Å². The van der Waals surface area contributed by atoms with Gasteiger partial charge in [-0.2, -0.15) is 0 Å². The zero-order valence-electron chi connectivity index (χ0n) is 34.6. The monoisotopic (exact) mass is 719 g/mol. The lowest BCUT2D eigenvalue weighted by atomic mass is 10.0. The third kappa shape index (κ3) is 43.2. The van der Waals surface area contributed by atoms with Gasteiger partial charge < -0.3 is 14.6 Å². The molecular formula is C47H90O4. The van der Waals surface area contributed by atoms with E-state index in [0.29, 0.717) is 19.6 Å². The smallest absolute Gasteiger partial charge is 0.306 e. The van der Waals surface area contributed by atoms with Gasteiger partial charge in [0.25, 0.3) is 0 Å². The van der Waals surface area contributed by atoms with Crippen LogP contribution in [-0.4, -0.2) is 37.0 Å². The van der Waals surface area contributed by atoms with Crippen LogP contribution in [0.5, 0.6) is 0 Å². The first-order valence-corrected chi connectivity index (χ1v) is 22.9. The van der Waals surface area contributed by atoms with Crippen LogP contribution >= 0.6 is 0 Å². The van der Waals surface area contributed by atoms with Gasteiger partial charge in [0.1, 0.15) is 6.10 Å². The Labute approximate surface area is 319 Å². The highest BCUT2D eigenvalue weighted by Gasteiger charge is 2.13. The second-order valence-corrected chi connectivity index (χ2v) is 15.5. The van der Waals surface area contributed by atoms with E-state index in [9.17, 15) is 9.90 Å². The van der Waals surface area contributed by atoms with Gasteiger partial charge in [0, 0.05) is 13.0 Å². The lowest BCUT2D eigenvalue weighted by Gasteiger charge is -2.15. The second kappa shape index (κ2) is 45.0. The summed E-state index contributed by atoms with van der Waals surface area (Å²) in [5.41, 5.74) is 0. The van der Waals surface area contributed by atoms with Crippen molar-refractivity contribution in [1.29, 1.82) is 0 Å². The quantitative estimate of drug-likeness (QED) is 0.0387. The van der Waals surface area contributed by atoms with Crippen LogP contribution in [0, 0.1) is 0 Å². The minimum absolute atomic E-state index is 0.172. The van der Waals surface area contributed by atoms with E-state index in [-0.39, 0.29) is 12.6 Å². The average Bonchev–Trinajstić information content (AvgIpc) is 3.14. The summed E-state index contributed by atoms with van der Waals surface area (Å²) in [6.45, 7) is 5.36. The van der Waals surface area contributed by atoms with Crippen molar-refractivity contribution in [2.75, 3.05) is 19.8 Å². The molecule has 1 unspecified atom stereocenters. The molecule has 0 saturated carbocycles. The Bertz CT molecular complexity index is 717. The average molecular weight is 719 g/mol. The SMILES string of the molecule is CCCCCCCC/C=C\CCCCCCCC(=O)OC(CO)COCCCCCCCCCCCCCC/C=C\CCCCCCCCCC. The first kappa shape index (κ1) is 49.9. The van der Waals surface area contributed by atoms with Gasteiger partial charge in [-0.05, 0) is 64.2 Å². The summed E-state index contributed by atoms with van der Waals surface area (Å²) < 4.78 is 11.2. The van der Waals surface area contributed by atoms with E-state index >= 15 is 0 Å². The van der Waals surface area contributed by atoms with Crippen LogP contribution in [0.1, 0.15) is 245 Å². The van der Waals surface area contributed by atoms with Crippen LogP contribution in [0.2, 0.25) is 0 Å². The molecule has 0 rings (SSSR count). The first-order valence-electron chi connectivity index (χ1n) is 22.9. The predicted molar refractivity (Wildman–Crippen MR) is 224 cm³/mol. The molecule has 302 valence electrons. The predicted octanol–water partition coefficient (Wildman–Crippen LogP) is 15.1. The van der Waals surface area contributed by atoms with Crippen molar-refractivity contribution in [2.45, 2.75) is 251 Å². The van der Waals surface area contributed by atoms with Gasteiger partial charge in [-0.1, -0.05) is 199 Å². The maximum atomic E-state index is 12.2. The largest absolute Gasteiger partial charge is 0.457 e. The normalized spacial score (nSPS) is 12.5. The van der Waals surface area contributed by atoms with E-state index < -0.39 is 6.10 Å². The molecular weight excluding hydrogens is 629 g/mol. The second-order valence-electron chi connectivity index (χ2n) is 15.5. The van der Waals surface area contributed by atoms with E-state index in [2.05, 4.69) is 38.2 Å². The number of rotatable bonds is 43. The number of carbonyl (C=O) groups is 1. The molecule has 0 aromatic carbocycles. The summed E-state index contributed by atoms with van der Waals surface area (Å²) in [5, 5.41) is 9.61. The molecule has 0 radical (unpaired) electrons. The fourth-order valence-corrected chi connectivity index (χ4v) is 6.79. The fraction of sp³-hybridized carbons (Fsp3) is 0.894. The van der Waals surface area contributed by atoms with Crippen LogP contribution in [-0.2, 0) is 14.3 Å². The molecule has 0 heterocycles. The lowest BCUT2D eigenvalue weighted by Crippen LogP contribution is -2.27. The van der Waals surface area contributed by atoms with Crippen molar-refractivity contribution in [3.63, 3.8) is 0 Å². The van der Waals surface area contributed by atoms with E-state index in [1.165, 1.54) is 205 Å². The number of esters is 1. The highest BCUT2D eigenvalue weighted by Crippen LogP contribution is 2.15. The summed E-state index contributed by atoms with van der Waals surface area (Å²) in [6, 6.07) is 0. The molecule has 0 aromatic heterocycles. The number of ether oxygens (including phenoxy) is 2. The zero-order valence-corrected chi connectivity index (χ0v) is 34.6. The number of allylic oxidation sites excluding steroid dienone is 4. The van der Waals surface area contributed by atoms with Crippen molar-refractivity contribution in [3.05, 3.63) is 24.3 Å². The summed E-state index contributed by atoms with van der Waals surface area (Å²) >= 11 is 0. The Hall–Kier alpha value is -1.13. The molecule has 0 aliphatic carbocycles. The maximum Gasteiger partial charge on any atom is 0.306 e. The standard InChI is InChI=1S/C47H90O4/c1-3-5-7-9-11-13-15-17-19-20-21-22-23-24-25-26-27-29-31-33-35-37-39-41-43-50-45-46(44-48)51-47(49)42-40-38-36-34-32-30-28-18-16-14-12-10-8-6-4-2/h18,20-21,28,46,48H,3-17,19,22-27,29-45H2,1-2H3/b21-20-,28-18-. The van der Waals surface area contributed by atoms with Crippen molar-refractivity contribution in [3.8, 4) is 0 Å². The number of carbonyl (C=O) groups excluding carboxylic acids is 1. The fourth-order valence-electron chi connectivity index (χ4n) is 6.79. The number of hydrogen-bond donors (Lipinski definition) is 1.